The lowest BCUT2D eigenvalue weighted by molar-refractivity contribution is -0.150. The fourth-order valence-corrected chi connectivity index (χ4v) is 6.06. The number of aromatic nitrogens is 1. The van der Waals surface area contributed by atoms with Gasteiger partial charge in [-0.2, -0.15) is 0 Å². The van der Waals surface area contributed by atoms with Crippen LogP contribution in [-0.2, 0) is 9.53 Å². The van der Waals surface area contributed by atoms with Crippen molar-refractivity contribution in [2.75, 3.05) is 46.1 Å². The quantitative estimate of drug-likeness (QED) is 0.479. The smallest absolute Gasteiger partial charge is 0.309 e. The van der Waals surface area contributed by atoms with Gasteiger partial charge in [0.05, 0.1) is 18.6 Å². The highest BCUT2D eigenvalue weighted by atomic mass is 16.5. The molecule has 3 aliphatic rings. The van der Waals surface area contributed by atoms with Crippen LogP contribution in [0.15, 0.2) is 22.7 Å². The number of fused-ring (bicyclic) bond motifs is 1. The molecule has 36 heavy (non-hydrogen) atoms. The van der Waals surface area contributed by atoms with Gasteiger partial charge < -0.3 is 28.7 Å². The van der Waals surface area contributed by atoms with Crippen LogP contribution in [0.4, 0.5) is 0 Å². The summed E-state index contributed by atoms with van der Waals surface area (Å²) in [5, 5.41) is 14.9. The summed E-state index contributed by atoms with van der Waals surface area (Å²) in [4.78, 5) is 14.5. The minimum absolute atomic E-state index is 0.444. The number of carboxylic acid groups (broad SMARTS) is 1. The number of hydrogen-bond donors (Lipinski definition) is 1. The molecule has 0 radical (unpaired) electrons. The van der Waals surface area contributed by atoms with E-state index in [1.165, 1.54) is 25.7 Å². The highest BCUT2D eigenvalue weighted by Gasteiger charge is 2.39. The number of rotatable bonds is 10. The van der Waals surface area contributed by atoms with Gasteiger partial charge in [0.2, 0.25) is 0 Å². The molecule has 3 heterocycles. The Hall–Kier alpha value is -2.32. The second-order valence-electron chi connectivity index (χ2n) is 11.0. The molecule has 0 amide bonds. The van der Waals surface area contributed by atoms with Gasteiger partial charge in [0.15, 0.2) is 5.58 Å². The van der Waals surface area contributed by atoms with Crippen molar-refractivity contribution in [1.29, 1.82) is 0 Å². The van der Waals surface area contributed by atoms with E-state index in [9.17, 15) is 9.90 Å². The van der Waals surface area contributed by atoms with E-state index in [2.05, 4.69) is 10.1 Å². The van der Waals surface area contributed by atoms with Gasteiger partial charge in [-0.1, -0.05) is 18.9 Å². The van der Waals surface area contributed by atoms with E-state index >= 15 is 0 Å². The normalized spacial score (nSPS) is 24.7. The van der Waals surface area contributed by atoms with E-state index in [4.69, 9.17) is 18.7 Å². The highest BCUT2D eigenvalue weighted by Crippen LogP contribution is 2.37. The number of nitrogens with zero attached hydrogens (tertiary/aromatic N) is 2. The first-order valence-corrected chi connectivity index (χ1v) is 13.8. The Morgan fingerprint density at radius 1 is 1.03 bits per heavy atom. The molecule has 8 nitrogen and oxygen atoms in total. The largest absolute Gasteiger partial charge is 0.492 e. The highest BCUT2D eigenvalue weighted by molar-refractivity contribution is 5.88. The van der Waals surface area contributed by atoms with Crippen LogP contribution in [0.1, 0.15) is 64.2 Å². The van der Waals surface area contributed by atoms with Crippen LogP contribution in [0.2, 0.25) is 0 Å². The maximum absolute atomic E-state index is 12.1. The molecular weight excluding hydrogens is 460 g/mol. The van der Waals surface area contributed by atoms with Crippen LogP contribution >= 0.6 is 0 Å². The van der Waals surface area contributed by atoms with Crippen molar-refractivity contribution in [1.82, 2.24) is 10.1 Å². The molecule has 0 bridgehead atoms. The molecule has 8 heteroatoms. The summed E-state index contributed by atoms with van der Waals surface area (Å²) in [6.07, 6.45) is 10.0. The molecule has 198 valence electrons. The molecule has 3 fully saturated rings. The maximum atomic E-state index is 12.1. The molecule has 1 aliphatic carbocycles. The van der Waals surface area contributed by atoms with Gasteiger partial charge in [-0.15, -0.1) is 0 Å². The predicted molar refractivity (Wildman–Crippen MR) is 135 cm³/mol. The minimum atomic E-state index is -0.664. The molecule has 1 atom stereocenters. The summed E-state index contributed by atoms with van der Waals surface area (Å²) in [6, 6.07) is 5.82. The summed E-state index contributed by atoms with van der Waals surface area (Å²) in [5.74, 6) is 1.73. The summed E-state index contributed by atoms with van der Waals surface area (Å²) >= 11 is 0. The van der Waals surface area contributed by atoms with E-state index in [-0.39, 0.29) is 0 Å². The Morgan fingerprint density at radius 2 is 1.81 bits per heavy atom. The van der Waals surface area contributed by atoms with Crippen molar-refractivity contribution in [2.45, 2.75) is 64.2 Å². The average Bonchev–Trinajstić information content (AvgIpc) is 3.50. The molecular formula is C28H40N2O6. The van der Waals surface area contributed by atoms with Gasteiger partial charge >= 0.3 is 5.97 Å². The fourth-order valence-electron chi connectivity index (χ4n) is 6.06. The number of benzene rings is 1. The number of carboxylic acids is 1. The van der Waals surface area contributed by atoms with E-state index in [0.29, 0.717) is 62.4 Å². The van der Waals surface area contributed by atoms with Gasteiger partial charge in [0.1, 0.15) is 11.1 Å². The van der Waals surface area contributed by atoms with Crippen molar-refractivity contribution in [3.05, 3.63) is 18.2 Å². The lowest BCUT2D eigenvalue weighted by Gasteiger charge is -2.35. The number of carbonyl (C=O) groups is 1. The van der Waals surface area contributed by atoms with Crippen molar-refractivity contribution in [3.8, 4) is 11.6 Å². The number of likely N-dealkylation sites (tertiary alicyclic amines) is 1. The Kier molecular flexibility index (Phi) is 8.32. The monoisotopic (exact) mass is 500 g/mol. The molecule has 2 aromatic rings. The zero-order valence-corrected chi connectivity index (χ0v) is 21.3. The molecule has 1 aromatic carbocycles. The maximum Gasteiger partial charge on any atom is 0.309 e. The minimum Gasteiger partial charge on any atom is -0.492 e. The zero-order valence-electron chi connectivity index (χ0n) is 21.3. The average molecular weight is 501 g/mol. The van der Waals surface area contributed by atoms with Crippen LogP contribution in [0.3, 0.4) is 0 Å². The molecule has 1 aromatic heterocycles. The Morgan fingerprint density at radius 3 is 2.61 bits per heavy atom. The van der Waals surface area contributed by atoms with E-state index in [1.54, 1.807) is 0 Å². The van der Waals surface area contributed by atoms with Crippen LogP contribution in [0.5, 0.6) is 11.6 Å². The zero-order chi connectivity index (χ0) is 24.8. The molecule has 0 spiro atoms. The van der Waals surface area contributed by atoms with Crippen LogP contribution in [0, 0.1) is 17.3 Å². The standard InChI is InChI=1S/C28H40N2O6/c31-27(32)28(11-4-17-33-18-13-28)12-16-30-14-9-22(10-15-30)20-35-26-25-23(7-3-8-24(25)36-29-26)34-19-21-5-1-2-6-21/h3,7-8,21-22H,1-2,4-6,9-20H2,(H,31,32). The van der Waals surface area contributed by atoms with Crippen molar-refractivity contribution < 1.29 is 28.6 Å². The molecule has 1 unspecified atom stereocenters. The first-order chi connectivity index (χ1) is 17.6. The van der Waals surface area contributed by atoms with Crippen molar-refractivity contribution in [3.63, 3.8) is 0 Å². The van der Waals surface area contributed by atoms with Gasteiger partial charge in [-0.3, -0.25) is 4.79 Å². The molecule has 1 saturated carbocycles. The van der Waals surface area contributed by atoms with Crippen LogP contribution in [-0.4, -0.2) is 67.2 Å². The van der Waals surface area contributed by atoms with E-state index in [1.807, 2.05) is 18.2 Å². The van der Waals surface area contributed by atoms with E-state index in [0.717, 1.165) is 56.6 Å². The topological polar surface area (TPSA) is 94.3 Å². The number of hydrogen-bond acceptors (Lipinski definition) is 7. The third-order valence-electron chi connectivity index (χ3n) is 8.57. The SMILES string of the molecule is O=C(O)C1(CCN2CCC(COc3noc4cccc(OCC5CCCC5)c34)CC2)CCCOCC1. The third-order valence-corrected chi connectivity index (χ3v) is 8.57. The lowest BCUT2D eigenvalue weighted by atomic mass is 9.77. The first kappa shape index (κ1) is 25.3. The van der Waals surface area contributed by atoms with E-state index < -0.39 is 11.4 Å². The lowest BCUT2D eigenvalue weighted by Crippen LogP contribution is -2.40. The molecule has 2 saturated heterocycles. The summed E-state index contributed by atoms with van der Waals surface area (Å²) in [7, 11) is 0. The third kappa shape index (κ3) is 5.97. The number of aliphatic carboxylic acids is 1. The van der Waals surface area contributed by atoms with Gasteiger partial charge in [0, 0.05) is 13.2 Å². The molecule has 5 rings (SSSR count). The summed E-state index contributed by atoms with van der Waals surface area (Å²) < 4.78 is 23.4. The Labute approximate surface area is 213 Å². The summed E-state index contributed by atoms with van der Waals surface area (Å²) in [5.41, 5.74) is 0.0576. The summed E-state index contributed by atoms with van der Waals surface area (Å²) in [6.45, 7) is 5.33. The van der Waals surface area contributed by atoms with Gasteiger partial charge in [-0.25, -0.2) is 0 Å². The molecule has 1 N–H and O–H groups in total. The predicted octanol–water partition coefficient (Wildman–Crippen LogP) is 5.15. The number of piperidine rings is 1. The van der Waals surface area contributed by atoms with Crippen LogP contribution < -0.4 is 9.47 Å². The first-order valence-electron chi connectivity index (χ1n) is 13.8. The Balaban J connectivity index is 1.11. The second kappa shape index (κ2) is 11.8. The van der Waals surface area contributed by atoms with Gasteiger partial charge in [-0.05, 0) is 100 Å². The molecule has 2 aliphatic heterocycles. The van der Waals surface area contributed by atoms with Crippen LogP contribution in [0.25, 0.3) is 11.0 Å². The number of ether oxygens (including phenoxy) is 3. The fraction of sp³-hybridized carbons (Fsp3) is 0.714. The Bertz CT molecular complexity index is 985. The van der Waals surface area contributed by atoms with Gasteiger partial charge in [0.25, 0.3) is 5.88 Å². The van der Waals surface area contributed by atoms with Crippen molar-refractivity contribution >= 4 is 16.9 Å². The second-order valence-corrected chi connectivity index (χ2v) is 11.0. The van der Waals surface area contributed by atoms with Crippen molar-refractivity contribution in [2.24, 2.45) is 17.3 Å².